The summed E-state index contributed by atoms with van der Waals surface area (Å²) >= 11 is 3.64. The van der Waals surface area contributed by atoms with Crippen LogP contribution in [0.3, 0.4) is 0 Å². The molecule has 2 aliphatic rings. The Hall–Kier alpha value is -2.03. The summed E-state index contributed by atoms with van der Waals surface area (Å²) in [5.74, 6) is 0.546. The van der Waals surface area contributed by atoms with Crippen LogP contribution in [-0.4, -0.2) is 20.9 Å². The molecule has 3 rings (SSSR count). The van der Waals surface area contributed by atoms with Crippen molar-refractivity contribution in [1.82, 2.24) is 0 Å². The predicted molar refractivity (Wildman–Crippen MR) is 98.2 cm³/mol. The molecule has 2 bridgehead atoms. The number of anilines is 1. The van der Waals surface area contributed by atoms with Crippen molar-refractivity contribution in [1.29, 1.82) is 0 Å². The number of non-ortho nitro benzene ring substituents is 1. The lowest BCUT2D eigenvalue weighted by atomic mass is 9.70. The number of halogens is 1. The first-order chi connectivity index (χ1) is 11.7. The molecule has 25 heavy (non-hydrogen) atoms. The number of alkyl halides is 1. The molecule has 0 heterocycles. The van der Waals surface area contributed by atoms with Crippen LogP contribution in [0.25, 0.3) is 0 Å². The smallest absolute Gasteiger partial charge is 0.272 e. The van der Waals surface area contributed by atoms with E-state index in [9.17, 15) is 20.2 Å². The summed E-state index contributed by atoms with van der Waals surface area (Å²) in [5.41, 5.74) is 3.36. The fourth-order valence-electron chi connectivity index (χ4n) is 4.21. The van der Waals surface area contributed by atoms with E-state index in [1.54, 1.807) is 0 Å². The average molecular weight is 411 g/mol. The Bertz CT molecular complexity index is 783. The van der Waals surface area contributed by atoms with Gasteiger partial charge in [-0.1, -0.05) is 29.8 Å². The molecule has 0 aromatic heterocycles. The predicted octanol–water partition coefficient (Wildman–Crippen LogP) is 4.49. The molecule has 1 aromatic carbocycles. The fraction of sp³-hybridized carbons (Fsp3) is 0.562. The maximum absolute atomic E-state index is 11.2. The van der Waals surface area contributed by atoms with E-state index in [1.807, 2.05) is 0 Å². The number of nitrogens with zero attached hydrogens (tertiary/aromatic N) is 3. The van der Waals surface area contributed by atoms with E-state index in [0.717, 1.165) is 36.4 Å². The highest BCUT2D eigenvalue weighted by Gasteiger charge is 2.61. The molecule has 2 aliphatic carbocycles. The average Bonchev–Trinajstić information content (AvgIpc) is 2.95. The van der Waals surface area contributed by atoms with Crippen LogP contribution in [-0.2, 0) is 0 Å². The van der Waals surface area contributed by atoms with Gasteiger partial charge in [-0.3, -0.25) is 25.7 Å². The molecule has 0 unspecified atom stereocenters. The number of hydrogen-bond donors (Lipinski definition) is 1. The SMILES string of the molecule is C[C@]12CC[C@@H](C/C1=N/Nc1ccc([N+](=O)[O-])cc1[N+](=O)[O-])[C@@]2(C)CBr. The Kier molecular flexibility index (Phi) is 4.30. The maximum atomic E-state index is 11.2. The van der Waals surface area contributed by atoms with Crippen LogP contribution < -0.4 is 5.43 Å². The standard InChI is InChI=1S/C16H19BrN4O4/c1-15-6-5-10(16(15,2)9-17)7-14(15)19-18-12-4-3-11(20(22)23)8-13(12)21(24)25/h3-4,8,10,18H,5-7,9H2,1-2H3/b19-14-/t10-,15-,16+/m0/s1. The number of nitro groups is 2. The van der Waals surface area contributed by atoms with E-state index in [0.29, 0.717) is 5.92 Å². The van der Waals surface area contributed by atoms with Gasteiger partial charge in [0.1, 0.15) is 5.69 Å². The molecule has 0 aliphatic heterocycles. The molecule has 2 saturated carbocycles. The normalized spacial score (nSPS) is 32.1. The van der Waals surface area contributed by atoms with E-state index < -0.39 is 9.85 Å². The third kappa shape index (κ3) is 2.61. The molecular weight excluding hydrogens is 392 g/mol. The quantitative estimate of drug-likeness (QED) is 0.436. The van der Waals surface area contributed by atoms with Gasteiger partial charge in [-0.05, 0) is 36.7 Å². The van der Waals surface area contributed by atoms with Crippen molar-refractivity contribution in [2.45, 2.75) is 33.1 Å². The van der Waals surface area contributed by atoms with Crippen LogP contribution in [0.15, 0.2) is 23.3 Å². The lowest BCUT2D eigenvalue weighted by molar-refractivity contribution is -0.393. The molecule has 3 atom stereocenters. The second-order valence-electron chi connectivity index (χ2n) is 7.21. The third-order valence-electron chi connectivity index (χ3n) is 6.21. The largest absolute Gasteiger partial charge is 0.301 e. The molecule has 0 amide bonds. The van der Waals surface area contributed by atoms with E-state index in [4.69, 9.17) is 0 Å². The Labute approximate surface area is 153 Å². The molecule has 8 nitrogen and oxygen atoms in total. The number of nitro benzene ring substituents is 2. The minimum Gasteiger partial charge on any atom is -0.272 e. The summed E-state index contributed by atoms with van der Waals surface area (Å²) in [5, 5.41) is 27.4. The van der Waals surface area contributed by atoms with E-state index >= 15 is 0 Å². The van der Waals surface area contributed by atoms with Crippen LogP contribution in [0.5, 0.6) is 0 Å². The monoisotopic (exact) mass is 410 g/mol. The lowest BCUT2D eigenvalue weighted by Gasteiger charge is -2.36. The molecule has 1 N–H and O–H groups in total. The van der Waals surface area contributed by atoms with Crippen LogP contribution in [0.2, 0.25) is 0 Å². The van der Waals surface area contributed by atoms with Crippen LogP contribution in [0.4, 0.5) is 17.1 Å². The van der Waals surface area contributed by atoms with Crippen LogP contribution in [0.1, 0.15) is 33.1 Å². The summed E-state index contributed by atoms with van der Waals surface area (Å²) in [7, 11) is 0. The molecular formula is C16H19BrN4O4. The van der Waals surface area contributed by atoms with Gasteiger partial charge in [0, 0.05) is 22.5 Å². The zero-order valence-electron chi connectivity index (χ0n) is 14.0. The van der Waals surface area contributed by atoms with Crippen molar-refractivity contribution in [2.75, 3.05) is 10.8 Å². The second kappa shape index (κ2) is 6.05. The lowest BCUT2D eigenvalue weighted by Crippen LogP contribution is -2.36. The number of rotatable bonds is 5. The van der Waals surface area contributed by atoms with Crippen molar-refractivity contribution >= 4 is 38.7 Å². The molecule has 1 aromatic rings. The summed E-state index contributed by atoms with van der Waals surface area (Å²) in [6, 6.07) is 3.52. The van der Waals surface area contributed by atoms with E-state index in [2.05, 4.69) is 40.3 Å². The minimum atomic E-state index is -0.652. The van der Waals surface area contributed by atoms with Gasteiger partial charge in [0.05, 0.1) is 15.9 Å². The van der Waals surface area contributed by atoms with Crippen LogP contribution in [0, 0.1) is 37.0 Å². The highest BCUT2D eigenvalue weighted by Crippen LogP contribution is 2.64. The van der Waals surface area contributed by atoms with E-state index in [1.165, 1.54) is 12.1 Å². The van der Waals surface area contributed by atoms with Gasteiger partial charge in [0.2, 0.25) is 0 Å². The first kappa shape index (κ1) is 17.8. The molecule has 134 valence electrons. The Morgan fingerprint density at radius 2 is 2.04 bits per heavy atom. The number of benzene rings is 1. The van der Waals surface area contributed by atoms with Crippen molar-refractivity contribution in [3.63, 3.8) is 0 Å². The van der Waals surface area contributed by atoms with Gasteiger partial charge in [0.15, 0.2) is 0 Å². The highest BCUT2D eigenvalue weighted by atomic mass is 79.9. The van der Waals surface area contributed by atoms with E-state index in [-0.39, 0.29) is 27.9 Å². The van der Waals surface area contributed by atoms with Crippen LogP contribution >= 0.6 is 15.9 Å². The first-order valence-corrected chi connectivity index (χ1v) is 9.17. The minimum absolute atomic E-state index is 0.0519. The summed E-state index contributed by atoms with van der Waals surface area (Å²) in [6.45, 7) is 4.46. The summed E-state index contributed by atoms with van der Waals surface area (Å²) in [4.78, 5) is 20.7. The fourth-order valence-corrected chi connectivity index (χ4v) is 5.29. The van der Waals surface area contributed by atoms with Crippen molar-refractivity contribution in [3.8, 4) is 0 Å². The highest BCUT2D eigenvalue weighted by molar-refractivity contribution is 9.09. The maximum Gasteiger partial charge on any atom is 0.301 e. The third-order valence-corrected chi connectivity index (χ3v) is 7.37. The second-order valence-corrected chi connectivity index (χ2v) is 7.77. The summed E-state index contributed by atoms with van der Waals surface area (Å²) in [6.07, 6.45) is 3.07. The molecule has 0 radical (unpaired) electrons. The zero-order chi connectivity index (χ0) is 18.4. The van der Waals surface area contributed by atoms with Crippen molar-refractivity contribution in [2.24, 2.45) is 21.8 Å². The molecule has 2 fully saturated rings. The number of hydrazone groups is 1. The van der Waals surface area contributed by atoms with Gasteiger partial charge in [-0.25, -0.2) is 0 Å². The Morgan fingerprint density at radius 1 is 1.32 bits per heavy atom. The Morgan fingerprint density at radius 3 is 2.60 bits per heavy atom. The van der Waals surface area contributed by atoms with Crippen molar-refractivity contribution in [3.05, 3.63) is 38.4 Å². The summed E-state index contributed by atoms with van der Waals surface area (Å²) < 4.78 is 0. The zero-order valence-corrected chi connectivity index (χ0v) is 15.6. The number of hydrogen-bond acceptors (Lipinski definition) is 6. The van der Waals surface area contributed by atoms with Crippen molar-refractivity contribution < 1.29 is 9.85 Å². The van der Waals surface area contributed by atoms with Gasteiger partial charge in [-0.15, -0.1) is 0 Å². The molecule has 0 spiro atoms. The number of fused-ring (bicyclic) bond motifs is 2. The van der Waals surface area contributed by atoms with Gasteiger partial charge in [-0.2, -0.15) is 5.10 Å². The van der Waals surface area contributed by atoms with Gasteiger partial charge < -0.3 is 0 Å². The Balaban J connectivity index is 1.91. The number of nitrogens with one attached hydrogen (secondary N) is 1. The first-order valence-electron chi connectivity index (χ1n) is 8.05. The topological polar surface area (TPSA) is 111 Å². The molecule has 9 heteroatoms. The van der Waals surface area contributed by atoms with Gasteiger partial charge in [0.25, 0.3) is 5.69 Å². The van der Waals surface area contributed by atoms with Gasteiger partial charge >= 0.3 is 5.69 Å². The molecule has 0 saturated heterocycles.